The van der Waals surface area contributed by atoms with E-state index in [1.807, 2.05) is 24.4 Å². The average molecular weight is 294 g/mol. The van der Waals surface area contributed by atoms with Gasteiger partial charge in [0.1, 0.15) is 0 Å². The first-order valence-electron chi connectivity index (χ1n) is 8.00. The molecule has 114 valence electrons. The number of hydrogen-bond donors (Lipinski definition) is 1. The summed E-state index contributed by atoms with van der Waals surface area (Å²) in [5.74, 6) is 0.131. The van der Waals surface area contributed by atoms with Gasteiger partial charge in [-0.3, -0.25) is 9.78 Å². The Kier molecular flexibility index (Phi) is 4.52. The highest BCUT2D eigenvalue weighted by Crippen LogP contribution is 2.43. The minimum Gasteiger partial charge on any atom is -0.355 e. The summed E-state index contributed by atoms with van der Waals surface area (Å²) in [5.41, 5.74) is 2.62. The number of amides is 1. The van der Waals surface area contributed by atoms with E-state index in [9.17, 15) is 4.79 Å². The third-order valence-electron chi connectivity index (χ3n) is 4.68. The minimum absolute atomic E-state index is 0.131. The second-order valence-corrected chi connectivity index (χ2v) is 6.14. The highest BCUT2D eigenvalue weighted by Gasteiger charge is 2.38. The van der Waals surface area contributed by atoms with Crippen molar-refractivity contribution in [3.05, 3.63) is 66.0 Å². The van der Waals surface area contributed by atoms with E-state index in [-0.39, 0.29) is 11.3 Å². The third kappa shape index (κ3) is 3.35. The maximum atomic E-state index is 12.1. The number of hydrogen-bond acceptors (Lipinski definition) is 2. The normalized spacial score (nSPS) is 15.8. The van der Waals surface area contributed by atoms with Crippen molar-refractivity contribution in [2.45, 2.75) is 37.5 Å². The second-order valence-electron chi connectivity index (χ2n) is 6.14. The zero-order chi connectivity index (χ0) is 15.3. The second kappa shape index (κ2) is 6.73. The van der Waals surface area contributed by atoms with Crippen molar-refractivity contribution >= 4 is 5.91 Å². The molecule has 0 bridgehead atoms. The van der Waals surface area contributed by atoms with Crippen molar-refractivity contribution in [3.8, 4) is 0 Å². The fraction of sp³-hybridized carbons (Fsp3) is 0.368. The summed E-state index contributed by atoms with van der Waals surface area (Å²) in [4.78, 5) is 16.2. The van der Waals surface area contributed by atoms with E-state index in [4.69, 9.17) is 0 Å². The van der Waals surface area contributed by atoms with Crippen LogP contribution in [-0.4, -0.2) is 17.4 Å². The maximum Gasteiger partial charge on any atom is 0.220 e. The standard InChI is InChI=1S/C19H22N2O/c22-18(10-9-16-6-4-13-20-14-16)21-15-19(11-5-12-19)17-7-2-1-3-8-17/h1-4,6-8,13-14H,5,9-12,15H2,(H,21,22). The van der Waals surface area contributed by atoms with Gasteiger partial charge in [-0.05, 0) is 36.5 Å². The summed E-state index contributed by atoms with van der Waals surface area (Å²) in [5, 5.41) is 3.13. The van der Waals surface area contributed by atoms with E-state index in [0.717, 1.165) is 18.5 Å². The first kappa shape index (κ1) is 14.8. The van der Waals surface area contributed by atoms with Gasteiger partial charge in [0, 0.05) is 30.8 Å². The zero-order valence-electron chi connectivity index (χ0n) is 12.8. The van der Waals surface area contributed by atoms with Gasteiger partial charge in [-0.2, -0.15) is 0 Å². The van der Waals surface area contributed by atoms with Gasteiger partial charge in [-0.15, -0.1) is 0 Å². The summed E-state index contributed by atoms with van der Waals surface area (Å²) >= 11 is 0. The van der Waals surface area contributed by atoms with Crippen LogP contribution in [0.15, 0.2) is 54.9 Å². The summed E-state index contributed by atoms with van der Waals surface area (Å²) in [6.07, 6.45) is 8.43. The van der Waals surface area contributed by atoms with E-state index >= 15 is 0 Å². The lowest BCUT2D eigenvalue weighted by molar-refractivity contribution is -0.121. The molecule has 0 radical (unpaired) electrons. The molecule has 1 aromatic heterocycles. The van der Waals surface area contributed by atoms with Crippen LogP contribution in [0.1, 0.15) is 36.8 Å². The molecule has 1 aliphatic rings. The van der Waals surface area contributed by atoms with Crippen LogP contribution in [0.3, 0.4) is 0 Å². The number of aromatic nitrogens is 1. The zero-order valence-corrected chi connectivity index (χ0v) is 12.8. The number of rotatable bonds is 6. The number of nitrogens with one attached hydrogen (secondary N) is 1. The molecule has 2 aromatic rings. The van der Waals surface area contributed by atoms with E-state index in [1.165, 1.54) is 24.8 Å². The van der Waals surface area contributed by atoms with Crippen LogP contribution in [0.2, 0.25) is 0 Å². The first-order valence-corrected chi connectivity index (χ1v) is 8.00. The van der Waals surface area contributed by atoms with Gasteiger partial charge in [0.2, 0.25) is 5.91 Å². The molecule has 1 aromatic carbocycles. The number of pyridine rings is 1. The fourth-order valence-electron chi connectivity index (χ4n) is 3.12. The van der Waals surface area contributed by atoms with Gasteiger partial charge < -0.3 is 5.32 Å². The summed E-state index contributed by atoms with van der Waals surface area (Å²) in [6.45, 7) is 0.753. The molecule has 1 fully saturated rings. The first-order chi connectivity index (χ1) is 10.8. The Balaban J connectivity index is 1.52. The van der Waals surface area contributed by atoms with Gasteiger partial charge in [0.25, 0.3) is 0 Å². The number of nitrogens with zero attached hydrogens (tertiary/aromatic N) is 1. The smallest absolute Gasteiger partial charge is 0.220 e. The highest BCUT2D eigenvalue weighted by molar-refractivity contribution is 5.76. The molecule has 0 aliphatic heterocycles. The van der Waals surface area contributed by atoms with Crippen molar-refractivity contribution in [1.29, 1.82) is 0 Å². The van der Waals surface area contributed by atoms with Gasteiger partial charge in [-0.25, -0.2) is 0 Å². The van der Waals surface area contributed by atoms with E-state index in [2.05, 4.69) is 34.6 Å². The fourth-order valence-corrected chi connectivity index (χ4v) is 3.12. The number of benzene rings is 1. The molecule has 1 saturated carbocycles. The van der Waals surface area contributed by atoms with Crippen LogP contribution in [0.5, 0.6) is 0 Å². The Morgan fingerprint density at radius 3 is 2.59 bits per heavy atom. The lowest BCUT2D eigenvalue weighted by Crippen LogP contribution is -2.45. The Bertz CT molecular complexity index is 606. The largest absolute Gasteiger partial charge is 0.355 e. The van der Waals surface area contributed by atoms with Gasteiger partial charge >= 0.3 is 0 Å². The van der Waals surface area contributed by atoms with Crippen LogP contribution in [0.25, 0.3) is 0 Å². The monoisotopic (exact) mass is 294 g/mol. The molecule has 0 unspecified atom stereocenters. The summed E-state index contributed by atoms with van der Waals surface area (Å²) < 4.78 is 0. The van der Waals surface area contributed by atoms with Crippen LogP contribution >= 0.6 is 0 Å². The molecule has 1 N–H and O–H groups in total. The van der Waals surface area contributed by atoms with Gasteiger partial charge in [-0.1, -0.05) is 42.8 Å². The molecule has 3 nitrogen and oxygen atoms in total. The minimum atomic E-state index is 0.131. The van der Waals surface area contributed by atoms with Crippen LogP contribution < -0.4 is 5.32 Å². The molecule has 0 spiro atoms. The topological polar surface area (TPSA) is 42.0 Å². The Morgan fingerprint density at radius 1 is 1.14 bits per heavy atom. The number of carbonyl (C=O) groups excluding carboxylic acids is 1. The molecule has 1 aliphatic carbocycles. The van der Waals surface area contributed by atoms with Crippen LogP contribution in [0.4, 0.5) is 0 Å². The van der Waals surface area contributed by atoms with Crippen molar-refractivity contribution < 1.29 is 4.79 Å². The summed E-state index contributed by atoms with van der Waals surface area (Å²) in [7, 11) is 0. The summed E-state index contributed by atoms with van der Waals surface area (Å²) in [6, 6.07) is 14.5. The highest BCUT2D eigenvalue weighted by atomic mass is 16.1. The predicted molar refractivity (Wildman–Crippen MR) is 87.5 cm³/mol. The Hall–Kier alpha value is -2.16. The lowest BCUT2D eigenvalue weighted by atomic mass is 9.64. The Morgan fingerprint density at radius 2 is 1.95 bits per heavy atom. The molecule has 3 rings (SSSR count). The Labute approximate surface area is 131 Å². The van der Waals surface area contributed by atoms with Gasteiger partial charge in [0.15, 0.2) is 0 Å². The molecule has 1 amide bonds. The number of carbonyl (C=O) groups is 1. The molecule has 0 saturated heterocycles. The third-order valence-corrected chi connectivity index (χ3v) is 4.68. The van der Waals surface area contributed by atoms with Crippen LogP contribution in [-0.2, 0) is 16.6 Å². The maximum absolute atomic E-state index is 12.1. The van der Waals surface area contributed by atoms with Crippen molar-refractivity contribution in [3.63, 3.8) is 0 Å². The van der Waals surface area contributed by atoms with E-state index in [1.54, 1.807) is 6.20 Å². The lowest BCUT2D eigenvalue weighted by Gasteiger charge is -2.42. The molecular weight excluding hydrogens is 272 g/mol. The molecular formula is C19H22N2O. The van der Waals surface area contributed by atoms with E-state index in [0.29, 0.717) is 6.42 Å². The van der Waals surface area contributed by atoms with Gasteiger partial charge in [0.05, 0.1) is 0 Å². The molecule has 0 atom stereocenters. The van der Waals surface area contributed by atoms with Crippen molar-refractivity contribution in [1.82, 2.24) is 10.3 Å². The van der Waals surface area contributed by atoms with Crippen molar-refractivity contribution in [2.24, 2.45) is 0 Å². The molecule has 22 heavy (non-hydrogen) atoms. The molecule has 1 heterocycles. The van der Waals surface area contributed by atoms with Crippen LogP contribution in [0, 0.1) is 0 Å². The van der Waals surface area contributed by atoms with Crippen molar-refractivity contribution in [2.75, 3.05) is 6.54 Å². The average Bonchev–Trinajstić information content (AvgIpc) is 2.54. The predicted octanol–water partition coefficient (Wildman–Crippen LogP) is 3.25. The number of aryl methyl sites for hydroxylation is 1. The quantitative estimate of drug-likeness (QED) is 0.888. The SMILES string of the molecule is O=C(CCc1cccnc1)NCC1(c2ccccc2)CCC1. The molecule has 3 heteroatoms. The van der Waals surface area contributed by atoms with E-state index < -0.39 is 0 Å².